The Morgan fingerprint density at radius 2 is 2.07 bits per heavy atom. The van der Waals surface area contributed by atoms with E-state index < -0.39 is 0 Å². The van der Waals surface area contributed by atoms with Gasteiger partial charge in [-0.3, -0.25) is 4.79 Å². The van der Waals surface area contributed by atoms with Crippen LogP contribution in [0, 0.1) is 11.7 Å². The molecule has 1 aliphatic rings. The van der Waals surface area contributed by atoms with Crippen LogP contribution in [0.15, 0.2) is 24.3 Å². The molecule has 0 amide bonds. The maximum atomic E-state index is 12.7. The largest absolute Gasteiger partial charge is 0.380 e. The Morgan fingerprint density at radius 3 is 2.73 bits per heavy atom. The molecule has 1 atom stereocenters. The van der Waals surface area contributed by atoms with E-state index in [9.17, 15) is 9.18 Å². The molecule has 0 aliphatic carbocycles. The van der Waals surface area contributed by atoms with Crippen molar-refractivity contribution in [3.8, 4) is 0 Å². The molecule has 1 fully saturated rings. The number of rotatable bonds is 2. The van der Waals surface area contributed by atoms with Gasteiger partial charge < -0.3 is 4.74 Å². The maximum Gasteiger partial charge on any atom is 0.140 e. The molecule has 1 saturated heterocycles. The van der Waals surface area contributed by atoms with Gasteiger partial charge in [-0.05, 0) is 24.1 Å². The summed E-state index contributed by atoms with van der Waals surface area (Å²) in [4.78, 5) is 11.5. The lowest BCUT2D eigenvalue weighted by atomic mass is 9.93. The average molecular weight is 208 g/mol. The zero-order valence-electron chi connectivity index (χ0n) is 8.41. The number of halogens is 1. The van der Waals surface area contributed by atoms with Crippen molar-refractivity contribution in [2.45, 2.75) is 12.8 Å². The number of hydrogen-bond acceptors (Lipinski definition) is 2. The van der Waals surface area contributed by atoms with Crippen LogP contribution in [-0.4, -0.2) is 19.0 Å². The summed E-state index contributed by atoms with van der Waals surface area (Å²) in [6, 6.07) is 6.28. The van der Waals surface area contributed by atoms with Crippen molar-refractivity contribution in [2.75, 3.05) is 13.2 Å². The molecule has 1 aliphatic heterocycles. The fourth-order valence-electron chi connectivity index (χ4n) is 1.77. The maximum absolute atomic E-state index is 12.7. The van der Waals surface area contributed by atoms with Crippen LogP contribution < -0.4 is 0 Å². The van der Waals surface area contributed by atoms with Crippen LogP contribution in [-0.2, 0) is 16.0 Å². The summed E-state index contributed by atoms with van der Waals surface area (Å²) < 4.78 is 17.9. The van der Waals surface area contributed by atoms with Gasteiger partial charge in [-0.25, -0.2) is 4.39 Å². The summed E-state index contributed by atoms with van der Waals surface area (Å²) in [5.41, 5.74) is 0.986. The topological polar surface area (TPSA) is 26.3 Å². The predicted octanol–water partition coefficient (Wildman–Crippen LogP) is 1.97. The Bertz CT molecular complexity index is 345. The van der Waals surface area contributed by atoms with E-state index in [0.29, 0.717) is 26.1 Å². The number of ketones is 1. The van der Waals surface area contributed by atoms with Crippen molar-refractivity contribution < 1.29 is 13.9 Å². The van der Waals surface area contributed by atoms with E-state index in [1.807, 2.05) is 0 Å². The molecule has 80 valence electrons. The fraction of sp³-hybridized carbons (Fsp3) is 0.417. The highest BCUT2D eigenvalue weighted by Gasteiger charge is 2.22. The SMILES string of the molecule is O=C1CCOC[C@@H]1Cc1ccc(F)cc1. The molecule has 0 saturated carbocycles. The quantitative estimate of drug-likeness (QED) is 0.742. The summed E-state index contributed by atoms with van der Waals surface area (Å²) in [5, 5.41) is 0. The van der Waals surface area contributed by atoms with E-state index in [1.54, 1.807) is 12.1 Å². The first-order valence-electron chi connectivity index (χ1n) is 5.10. The molecule has 2 rings (SSSR count). The Kier molecular flexibility index (Phi) is 3.11. The number of hydrogen-bond donors (Lipinski definition) is 0. The molecule has 2 nitrogen and oxygen atoms in total. The smallest absolute Gasteiger partial charge is 0.140 e. The molecule has 3 heteroatoms. The van der Waals surface area contributed by atoms with E-state index >= 15 is 0 Å². The van der Waals surface area contributed by atoms with E-state index in [4.69, 9.17) is 4.74 Å². The second-order valence-electron chi connectivity index (χ2n) is 3.82. The number of carbonyl (C=O) groups is 1. The Hall–Kier alpha value is -1.22. The second kappa shape index (κ2) is 4.53. The average Bonchev–Trinajstić information content (AvgIpc) is 2.25. The third-order valence-electron chi connectivity index (χ3n) is 2.66. The Balaban J connectivity index is 2.01. The molecule has 1 heterocycles. The summed E-state index contributed by atoms with van der Waals surface area (Å²) in [7, 11) is 0. The monoisotopic (exact) mass is 208 g/mol. The van der Waals surface area contributed by atoms with Crippen LogP contribution in [0.4, 0.5) is 4.39 Å². The van der Waals surface area contributed by atoms with E-state index in [-0.39, 0.29) is 17.5 Å². The molecule has 15 heavy (non-hydrogen) atoms. The molecule has 0 radical (unpaired) electrons. The summed E-state index contributed by atoms with van der Waals surface area (Å²) in [5.74, 6) is -0.0419. The molecule has 1 aromatic rings. The third-order valence-corrected chi connectivity index (χ3v) is 2.66. The fourth-order valence-corrected chi connectivity index (χ4v) is 1.77. The van der Waals surface area contributed by atoms with Crippen molar-refractivity contribution in [1.82, 2.24) is 0 Å². The number of Topliss-reactive ketones (excluding diaryl/α,β-unsaturated/α-hetero) is 1. The normalized spacial score (nSPS) is 21.7. The molecular weight excluding hydrogens is 195 g/mol. The van der Waals surface area contributed by atoms with Crippen molar-refractivity contribution in [3.05, 3.63) is 35.6 Å². The van der Waals surface area contributed by atoms with Gasteiger partial charge in [0.15, 0.2) is 0 Å². The molecule has 0 spiro atoms. The summed E-state index contributed by atoms with van der Waals surface area (Å²) in [6.07, 6.45) is 1.16. The summed E-state index contributed by atoms with van der Waals surface area (Å²) in [6.45, 7) is 1.04. The molecular formula is C12H13FO2. The first kappa shape index (κ1) is 10.3. The van der Waals surface area contributed by atoms with Gasteiger partial charge in [0, 0.05) is 12.3 Å². The zero-order valence-corrected chi connectivity index (χ0v) is 8.41. The minimum absolute atomic E-state index is 0.0517. The van der Waals surface area contributed by atoms with Crippen molar-refractivity contribution in [2.24, 2.45) is 5.92 Å². The third kappa shape index (κ3) is 2.63. The van der Waals surface area contributed by atoms with Crippen LogP contribution >= 0.6 is 0 Å². The highest BCUT2D eigenvalue weighted by molar-refractivity contribution is 5.82. The predicted molar refractivity (Wildman–Crippen MR) is 54.0 cm³/mol. The lowest BCUT2D eigenvalue weighted by Crippen LogP contribution is -2.29. The molecule has 0 unspecified atom stereocenters. The summed E-state index contributed by atoms with van der Waals surface area (Å²) >= 11 is 0. The first-order valence-corrected chi connectivity index (χ1v) is 5.10. The molecule has 0 aromatic heterocycles. The molecule has 0 bridgehead atoms. The Morgan fingerprint density at radius 1 is 1.33 bits per heavy atom. The van der Waals surface area contributed by atoms with Crippen LogP contribution in [0.5, 0.6) is 0 Å². The van der Waals surface area contributed by atoms with E-state index in [2.05, 4.69) is 0 Å². The highest BCUT2D eigenvalue weighted by Crippen LogP contribution is 2.16. The number of ether oxygens (including phenoxy) is 1. The van der Waals surface area contributed by atoms with Crippen molar-refractivity contribution in [3.63, 3.8) is 0 Å². The lowest BCUT2D eigenvalue weighted by Gasteiger charge is -2.20. The van der Waals surface area contributed by atoms with Gasteiger partial charge in [0.25, 0.3) is 0 Å². The van der Waals surface area contributed by atoms with Crippen LogP contribution in [0.1, 0.15) is 12.0 Å². The van der Waals surface area contributed by atoms with Gasteiger partial charge in [-0.1, -0.05) is 12.1 Å². The molecule has 1 aromatic carbocycles. The van der Waals surface area contributed by atoms with Gasteiger partial charge in [0.2, 0.25) is 0 Å². The van der Waals surface area contributed by atoms with Gasteiger partial charge in [0.1, 0.15) is 11.6 Å². The lowest BCUT2D eigenvalue weighted by molar-refractivity contribution is -0.130. The van der Waals surface area contributed by atoms with Crippen LogP contribution in [0.25, 0.3) is 0 Å². The van der Waals surface area contributed by atoms with Crippen molar-refractivity contribution in [1.29, 1.82) is 0 Å². The minimum Gasteiger partial charge on any atom is -0.380 e. The standard InChI is InChI=1S/C12H13FO2/c13-11-3-1-9(2-4-11)7-10-8-15-6-5-12(10)14/h1-4,10H,5-8H2/t10-/m0/s1. The number of benzene rings is 1. The van der Waals surface area contributed by atoms with E-state index in [1.165, 1.54) is 12.1 Å². The van der Waals surface area contributed by atoms with Crippen LogP contribution in [0.3, 0.4) is 0 Å². The van der Waals surface area contributed by atoms with Gasteiger partial charge in [-0.15, -0.1) is 0 Å². The zero-order chi connectivity index (χ0) is 10.7. The Labute approximate surface area is 88.1 Å². The van der Waals surface area contributed by atoms with Gasteiger partial charge in [-0.2, -0.15) is 0 Å². The van der Waals surface area contributed by atoms with Gasteiger partial charge in [0.05, 0.1) is 13.2 Å². The van der Waals surface area contributed by atoms with E-state index in [0.717, 1.165) is 5.56 Å². The highest BCUT2D eigenvalue weighted by atomic mass is 19.1. The first-order chi connectivity index (χ1) is 7.25. The van der Waals surface area contributed by atoms with Crippen LogP contribution in [0.2, 0.25) is 0 Å². The number of carbonyl (C=O) groups excluding carboxylic acids is 1. The van der Waals surface area contributed by atoms with Gasteiger partial charge >= 0.3 is 0 Å². The molecule has 0 N–H and O–H groups in total. The second-order valence-corrected chi connectivity index (χ2v) is 3.82. The minimum atomic E-state index is -0.245. The van der Waals surface area contributed by atoms with Crippen molar-refractivity contribution >= 4 is 5.78 Å².